The number of alkyl halides is 1. The molecule has 0 radical (unpaired) electrons. The van der Waals surface area contributed by atoms with Crippen LogP contribution < -0.4 is 4.74 Å². The summed E-state index contributed by atoms with van der Waals surface area (Å²) >= 11 is 5.53. The largest absolute Gasteiger partial charge is 0.492 e. The van der Waals surface area contributed by atoms with Crippen LogP contribution in [0.5, 0.6) is 5.75 Å². The highest BCUT2D eigenvalue weighted by molar-refractivity contribution is 6.19. The molecule has 92 valence electrons. The fourth-order valence-electron chi connectivity index (χ4n) is 1.31. The van der Waals surface area contributed by atoms with Crippen LogP contribution in [-0.4, -0.2) is 25.7 Å². The minimum Gasteiger partial charge on any atom is -0.492 e. The third kappa shape index (κ3) is 5.63. The zero-order valence-corrected chi connectivity index (χ0v) is 10.8. The summed E-state index contributed by atoms with van der Waals surface area (Å²) in [6, 6.07) is 7.71. The molecule has 2 nitrogen and oxygen atoms in total. The van der Waals surface area contributed by atoms with Crippen molar-refractivity contribution in [2.24, 2.45) is 0 Å². The number of benzene rings is 1. The second kappa shape index (κ2) is 8.92. The highest BCUT2D eigenvalue weighted by Gasteiger charge is 1.99. The Kier molecular flexibility index (Phi) is 7.29. The van der Waals surface area contributed by atoms with Crippen molar-refractivity contribution in [3.8, 4) is 17.6 Å². The van der Waals surface area contributed by atoms with E-state index < -0.39 is 0 Å². The van der Waals surface area contributed by atoms with Crippen LogP contribution >= 0.6 is 11.6 Å². The van der Waals surface area contributed by atoms with Gasteiger partial charge in [0.2, 0.25) is 0 Å². The second-order valence-electron chi connectivity index (χ2n) is 3.33. The third-order valence-electron chi connectivity index (χ3n) is 2.07. The van der Waals surface area contributed by atoms with Crippen LogP contribution in [0.4, 0.5) is 0 Å². The third-order valence-corrected chi connectivity index (χ3v) is 2.21. The summed E-state index contributed by atoms with van der Waals surface area (Å²) < 4.78 is 10.9. The predicted molar refractivity (Wildman–Crippen MR) is 70.6 cm³/mol. The molecule has 0 aliphatic carbocycles. The van der Waals surface area contributed by atoms with Crippen molar-refractivity contribution < 1.29 is 9.47 Å². The maximum atomic E-state index is 5.66. The summed E-state index contributed by atoms with van der Waals surface area (Å²) in [6.45, 7) is 4.10. The Bertz CT molecular complexity index is 379. The van der Waals surface area contributed by atoms with Gasteiger partial charge >= 0.3 is 0 Å². The molecule has 0 bridgehead atoms. The average molecular weight is 253 g/mol. The van der Waals surface area contributed by atoms with Crippen molar-refractivity contribution in [3.05, 3.63) is 29.8 Å². The summed E-state index contributed by atoms with van der Waals surface area (Å²) in [4.78, 5) is 0. The van der Waals surface area contributed by atoms with E-state index in [-0.39, 0.29) is 0 Å². The molecular weight excluding hydrogens is 236 g/mol. The molecule has 1 aromatic rings. The van der Waals surface area contributed by atoms with Crippen LogP contribution in [-0.2, 0) is 4.74 Å². The van der Waals surface area contributed by atoms with E-state index in [1.807, 2.05) is 31.2 Å². The van der Waals surface area contributed by atoms with Gasteiger partial charge in [-0.3, -0.25) is 0 Å². The molecule has 0 aromatic heterocycles. The molecule has 0 heterocycles. The van der Waals surface area contributed by atoms with Gasteiger partial charge in [-0.25, -0.2) is 0 Å². The number of halogens is 1. The number of ether oxygens (including phenoxy) is 2. The Morgan fingerprint density at radius 3 is 2.82 bits per heavy atom. The first-order valence-corrected chi connectivity index (χ1v) is 6.26. The molecule has 1 aromatic carbocycles. The molecule has 0 atom stereocenters. The molecule has 0 fully saturated rings. The SMILES string of the molecule is CCOCCCOc1ccccc1C#CCCl. The average Bonchev–Trinajstić information content (AvgIpc) is 2.37. The van der Waals surface area contributed by atoms with Crippen molar-refractivity contribution in [3.63, 3.8) is 0 Å². The molecule has 0 aliphatic heterocycles. The Labute approximate surface area is 108 Å². The summed E-state index contributed by atoms with van der Waals surface area (Å²) in [7, 11) is 0. The predicted octanol–water partition coefficient (Wildman–Crippen LogP) is 3.08. The molecule has 0 aliphatic rings. The Hall–Kier alpha value is -1.17. The Morgan fingerprint density at radius 2 is 2.06 bits per heavy atom. The van der Waals surface area contributed by atoms with Gasteiger partial charge in [0.05, 0.1) is 18.1 Å². The molecule has 0 amide bonds. The molecule has 1 rings (SSSR count). The first-order chi connectivity index (χ1) is 8.38. The number of hydrogen-bond acceptors (Lipinski definition) is 2. The molecule has 17 heavy (non-hydrogen) atoms. The van der Waals surface area contributed by atoms with Crippen LogP contribution in [0.3, 0.4) is 0 Å². The van der Waals surface area contributed by atoms with Crippen LogP contribution in [0.2, 0.25) is 0 Å². The smallest absolute Gasteiger partial charge is 0.134 e. The topological polar surface area (TPSA) is 18.5 Å². The molecule has 0 saturated carbocycles. The molecular formula is C14H17ClO2. The lowest BCUT2D eigenvalue weighted by molar-refractivity contribution is 0.131. The van der Waals surface area contributed by atoms with Crippen LogP contribution in [0, 0.1) is 11.8 Å². The van der Waals surface area contributed by atoms with Crippen LogP contribution in [0.1, 0.15) is 18.9 Å². The quantitative estimate of drug-likeness (QED) is 0.440. The van der Waals surface area contributed by atoms with E-state index in [0.717, 1.165) is 30.9 Å². The van der Waals surface area contributed by atoms with Crippen molar-refractivity contribution in [1.29, 1.82) is 0 Å². The Morgan fingerprint density at radius 1 is 1.24 bits per heavy atom. The molecule has 0 N–H and O–H groups in total. The van der Waals surface area contributed by atoms with Gasteiger partial charge in [-0.15, -0.1) is 11.6 Å². The first kappa shape index (κ1) is 13.9. The van der Waals surface area contributed by atoms with Gasteiger partial charge < -0.3 is 9.47 Å². The summed E-state index contributed by atoms with van der Waals surface area (Å²) in [6.07, 6.45) is 0.880. The molecule has 0 unspecified atom stereocenters. The lowest BCUT2D eigenvalue weighted by Gasteiger charge is -2.07. The van der Waals surface area contributed by atoms with Crippen molar-refractivity contribution in [1.82, 2.24) is 0 Å². The lowest BCUT2D eigenvalue weighted by atomic mass is 10.2. The zero-order chi connectivity index (χ0) is 12.3. The lowest BCUT2D eigenvalue weighted by Crippen LogP contribution is -2.03. The van der Waals surface area contributed by atoms with Crippen molar-refractivity contribution in [2.45, 2.75) is 13.3 Å². The minimum atomic E-state index is 0.332. The van der Waals surface area contributed by atoms with E-state index in [9.17, 15) is 0 Å². The van der Waals surface area contributed by atoms with Gasteiger partial charge in [0.1, 0.15) is 5.75 Å². The maximum absolute atomic E-state index is 5.66. The fraction of sp³-hybridized carbons (Fsp3) is 0.429. The highest BCUT2D eigenvalue weighted by Crippen LogP contribution is 2.16. The van der Waals surface area contributed by atoms with Gasteiger partial charge in [0.25, 0.3) is 0 Å². The van der Waals surface area contributed by atoms with E-state index in [1.165, 1.54) is 0 Å². The van der Waals surface area contributed by atoms with E-state index >= 15 is 0 Å². The standard InChI is InChI=1S/C14H17ClO2/c1-2-16-11-6-12-17-14-9-4-3-7-13(14)8-5-10-15/h3-4,7,9H,2,6,10-12H2,1H3. The summed E-state index contributed by atoms with van der Waals surface area (Å²) in [5.74, 6) is 6.94. The monoisotopic (exact) mass is 252 g/mol. The molecule has 3 heteroatoms. The van der Waals surface area contributed by atoms with E-state index in [0.29, 0.717) is 12.5 Å². The number of para-hydroxylation sites is 1. The van der Waals surface area contributed by atoms with E-state index in [1.54, 1.807) is 0 Å². The fourth-order valence-corrected chi connectivity index (χ4v) is 1.38. The van der Waals surface area contributed by atoms with Gasteiger partial charge in [-0.1, -0.05) is 24.0 Å². The number of hydrogen-bond donors (Lipinski definition) is 0. The second-order valence-corrected chi connectivity index (χ2v) is 3.60. The summed E-state index contributed by atoms with van der Waals surface area (Å²) in [5.41, 5.74) is 0.879. The number of rotatable bonds is 6. The van der Waals surface area contributed by atoms with Gasteiger partial charge in [0, 0.05) is 19.6 Å². The van der Waals surface area contributed by atoms with Crippen molar-refractivity contribution in [2.75, 3.05) is 25.7 Å². The van der Waals surface area contributed by atoms with Crippen LogP contribution in [0.25, 0.3) is 0 Å². The maximum Gasteiger partial charge on any atom is 0.134 e. The normalized spacial score (nSPS) is 9.53. The Balaban J connectivity index is 2.46. The van der Waals surface area contributed by atoms with E-state index in [2.05, 4.69) is 11.8 Å². The van der Waals surface area contributed by atoms with Crippen molar-refractivity contribution >= 4 is 11.6 Å². The zero-order valence-electron chi connectivity index (χ0n) is 10.0. The van der Waals surface area contributed by atoms with Gasteiger partial charge in [-0.05, 0) is 19.1 Å². The van der Waals surface area contributed by atoms with E-state index in [4.69, 9.17) is 21.1 Å². The molecule has 0 spiro atoms. The minimum absolute atomic E-state index is 0.332. The molecule has 0 saturated heterocycles. The summed E-state index contributed by atoms with van der Waals surface area (Å²) in [5, 5.41) is 0. The van der Waals surface area contributed by atoms with Gasteiger partial charge in [0.15, 0.2) is 0 Å². The first-order valence-electron chi connectivity index (χ1n) is 5.73. The van der Waals surface area contributed by atoms with Gasteiger partial charge in [-0.2, -0.15) is 0 Å². The highest BCUT2D eigenvalue weighted by atomic mass is 35.5. The van der Waals surface area contributed by atoms with Crippen LogP contribution in [0.15, 0.2) is 24.3 Å².